The predicted molar refractivity (Wildman–Crippen MR) is 95.5 cm³/mol. The molecule has 1 aromatic rings. The first-order valence-electron chi connectivity index (χ1n) is 7.29. The molecule has 0 amide bonds. The Bertz CT molecular complexity index is 358. The lowest BCUT2D eigenvalue weighted by Gasteiger charge is -2.17. The Kier molecular flexibility index (Phi) is 7.17. The van der Waals surface area contributed by atoms with E-state index in [0.717, 1.165) is 10.6 Å². The molecule has 0 nitrogen and oxygen atoms in total. The zero-order chi connectivity index (χ0) is 13.5. The highest BCUT2D eigenvalue weighted by Gasteiger charge is 2.31. The summed E-state index contributed by atoms with van der Waals surface area (Å²) < 4.78 is 0. The second-order valence-electron chi connectivity index (χ2n) is 5.14. The topological polar surface area (TPSA) is 0 Å². The van der Waals surface area contributed by atoms with Crippen LogP contribution in [0.4, 0.5) is 0 Å². The first-order valence-corrected chi connectivity index (χ1v) is 11.4. The number of halogens is 1. The van der Waals surface area contributed by atoms with Crippen molar-refractivity contribution in [1.29, 1.82) is 0 Å². The molecule has 2 atom stereocenters. The van der Waals surface area contributed by atoms with Crippen molar-refractivity contribution >= 4 is 36.7 Å². The number of hydrogen-bond acceptors (Lipinski definition) is 1. The summed E-state index contributed by atoms with van der Waals surface area (Å²) in [7, 11) is 2.77. The molecular formula is C16H24BrS2+. The molecule has 0 aromatic heterocycles. The molecule has 0 bridgehead atoms. The lowest BCUT2D eigenvalue weighted by atomic mass is 10.1. The van der Waals surface area contributed by atoms with Crippen LogP contribution in [0.25, 0.3) is 0 Å². The van der Waals surface area contributed by atoms with Gasteiger partial charge < -0.3 is 0 Å². The average Bonchev–Trinajstić information content (AvgIpc) is 2.48. The van der Waals surface area contributed by atoms with Crippen molar-refractivity contribution in [2.45, 2.75) is 44.3 Å². The van der Waals surface area contributed by atoms with Gasteiger partial charge in [0.2, 0.25) is 0 Å². The Balaban J connectivity index is 1.89. The van der Waals surface area contributed by atoms with Crippen LogP contribution in [0.15, 0.2) is 24.3 Å². The van der Waals surface area contributed by atoms with Crippen LogP contribution >= 0.6 is 26.7 Å². The number of aryl methyl sites for hydroxylation is 1. The number of alkyl halides is 1. The van der Waals surface area contributed by atoms with E-state index in [4.69, 9.17) is 0 Å². The Labute approximate surface area is 133 Å². The maximum absolute atomic E-state index is 3.50. The normalized spacial score (nSPS) is 21.3. The Morgan fingerprint density at radius 2 is 2.00 bits per heavy atom. The fourth-order valence-corrected chi connectivity index (χ4v) is 7.59. The second kappa shape index (κ2) is 8.63. The summed E-state index contributed by atoms with van der Waals surface area (Å²) in [5, 5.41) is 1.86. The van der Waals surface area contributed by atoms with Crippen molar-refractivity contribution < 1.29 is 0 Å². The Morgan fingerprint density at radius 1 is 1.21 bits per heavy atom. The largest absolute Gasteiger partial charge is 0.152 e. The average molecular weight is 360 g/mol. The van der Waals surface area contributed by atoms with Gasteiger partial charge in [0.1, 0.15) is 5.75 Å². The first-order chi connectivity index (χ1) is 9.31. The number of benzene rings is 1. The van der Waals surface area contributed by atoms with Crippen LogP contribution in [0.3, 0.4) is 0 Å². The fourth-order valence-electron chi connectivity index (χ4n) is 2.38. The molecule has 0 radical (unpaired) electrons. The van der Waals surface area contributed by atoms with Gasteiger partial charge in [-0.25, -0.2) is 0 Å². The van der Waals surface area contributed by atoms with Gasteiger partial charge in [0.25, 0.3) is 0 Å². The maximum atomic E-state index is 3.50. The van der Waals surface area contributed by atoms with Crippen LogP contribution in [0.2, 0.25) is 0 Å². The van der Waals surface area contributed by atoms with E-state index in [1.165, 1.54) is 49.2 Å². The van der Waals surface area contributed by atoms with E-state index in [0.29, 0.717) is 9.93 Å². The van der Waals surface area contributed by atoms with Crippen LogP contribution in [-0.4, -0.2) is 16.8 Å². The third-order valence-electron chi connectivity index (χ3n) is 3.67. The van der Waals surface area contributed by atoms with Gasteiger partial charge in [-0.2, -0.15) is 0 Å². The lowest BCUT2D eigenvalue weighted by Crippen LogP contribution is -2.16. The molecule has 1 fully saturated rings. The molecule has 1 aliphatic rings. The first kappa shape index (κ1) is 15.8. The molecule has 1 heterocycles. The molecule has 19 heavy (non-hydrogen) atoms. The van der Waals surface area contributed by atoms with E-state index in [2.05, 4.69) is 57.9 Å². The van der Waals surface area contributed by atoms with Crippen LogP contribution in [0, 0.1) is 0 Å². The molecule has 3 heteroatoms. The zero-order valence-electron chi connectivity index (χ0n) is 11.7. The highest BCUT2D eigenvalue weighted by molar-refractivity contribution is 9.09. The Hall–Kier alpha value is 0.400. The predicted octanol–water partition coefficient (Wildman–Crippen LogP) is 5.53. The monoisotopic (exact) mass is 359 g/mol. The quantitative estimate of drug-likeness (QED) is 0.278. The highest BCUT2D eigenvalue weighted by Crippen LogP contribution is 2.37. The minimum Gasteiger partial charge on any atom is -0.0928 e. The van der Waals surface area contributed by atoms with Crippen molar-refractivity contribution in [3.63, 3.8) is 0 Å². The Morgan fingerprint density at radius 3 is 2.63 bits per heavy atom. The zero-order valence-corrected chi connectivity index (χ0v) is 15.0. The van der Waals surface area contributed by atoms with E-state index in [1.54, 1.807) is 5.56 Å². The molecule has 0 saturated carbocycles. The summed E-state index contributed by atoms with van der Waals surface area (Å²) in [6.45, 7) is 2.42. The van der Waals surface area contributed by atoms with Crippen LogP contribution in [0.5, 0.6) is 0 Å². The van der Waals surface area contributed by atoms with E-state index in [-0.39, 0.29) is 0 Å². The van der Waals surface area contributed by atoms with Gasteiger partial charge >= 0.3 is 0 Å². The van der Waals surface area contributed by atoms with Crippen LogP contribution in [-0.2, 0) is 16.3 Å². The third-order valence-corrected chi connectivity index (χ3v) is 9.51. The molecule has 0 N–H and O–H groups in total. The van der Waals surface area contributed by atoms with E-state index in [1.807, 2.05) is 0 Å². The SMILES string of the molecule is CC(c1ccc(CCCCBr)cc1)[S+]1CCCCS1. The van der Waals surface area contributed by atoms with Crippen molar-refractivity contribution in [2.75, 3.05) is 16.8 Å². The van der Waals surface area contributed by atoms with Crippen LogP contribution in [0.1, 0.15) is 49.0 Å². The highest BCUT2D eigenvalue weighted by atomic mass is 79.9. The van der Waals surface area contributed by atoms with Crippen LogP contribution < -0.4 is 0 Å². The van der Waals surface area contributed by atoms with Gasteiger partial charge in [-0.05, 0) is 44.6 Å². The van der Waals surface area contributed by atoms with E-state index >= 15 is 0 Å². The van der Waals surface area contributed by atoms with Crippen molar-refractivity contribution in [3.8, 4) is 0 Å². The summed E-state index contributed by atoms with van der Waals surface area (Å²) in [4.78, 5) is 0. The molecule has 0 spiro atoms. The van der Waals surface area contributed by atoms with Gasteiger partial charge in [0, 0.05) is 16.6 Å². The summed E-state index contributed by atoms with van der Waals surface area (Å²) in [5.74, 6) is 2.80. The number of unbranched alkanes of at least 4 members (excludes halogenated alkanes) is 1. The minimum atomic E-state index is 0.557. The summed E-state index contributed by atoms with van der Waals surface area (Å²) in [6, 6.07) is 9.43. The van der Waals surface area contributed by atoms with Gasteiger partial charge in [0.15, 0.2) is 5.25 Å². The van der Waals surface area contributed by atoms with Gasteiger partial charge in [-0.1, -0.05) is 40.2 Å². The van der Waals surface area contributed by atoms with Crippen molar-refractivity contribution in [1.82, 2.24) is 0 Å². The number of rotatable bonds is 6. The standard InChI is InChI=1S/C16H24BrS2/c1-14(19-13-5-4-12-18-19)16-9-7-15(8-10-16)6-2-3-11-17/h7-10,14H,2-6,11-13H2,1H3/q+1. The molecule has 1 aromatic carbocycles. The molecule has 1 saturated heterocycles. The molecule has 2 rings (SSSR count). The lowest BCUT2D eigenvalue weighted by molar-refractivity contribution is 0.805. The van der Waals surface area contributed by atoms with Gasteiger partial charge in [-0.3, -0.25) is 0 Å². The molecular weight excluding hydrogens is 336 g/mol. The molecule has 106 valence electrons. The van der Waals surface area contributed by atoms with E-state index < -0.39 is 0 Å². The fraction of sp³-hybridized carbons (Fsp3) is 0.625. The maximum Gasteiger partial charge on any atom is 0.152 e. The summed E-state index contributed by atoms with van der Waals surface area (Å²) in [6.07, 6.45) is 6.65. The number of hydrogen-bond donors (Lipinski definition) is 0. The minimum absolute atomic E-state index is 0.557. The second-order valence-corrected chi connectivity index (χ2v) is 10.4. The van der Waals surface area contributed by atoms with Gasteiger partial charge in [-0.15, -0.1) is 0 Å². The van der Waals surface area contributed by atoms with Crippen molar-refractivity contribution in [3.05, 3.63) is 35.4 Å². The van der Waals surface area contributed by atoms with Gasteiger partial charge in [0.05, 0.1) is 20.7 Å². The molecule has 2 unspecified atom stereocenters. The van der Waals surface area contributed by atoms with Crippen molar-refractivity contribution in [2.24, 2.45) is 0 Å². The smallest absolute Gasteiger partial charge is 0.0928 e. The summed E-state index contributed by atoms with van der Waals surface area (Å²) in [5.41, 5.74) is 3.04. The summed E-state index contributed by atoms with van der Waals surface area (Å²) >= 11 is 3.50. The molecule has 1 aliphatic heterocycles. The third kappa shape index (κ3) is 5.02. The molecule has 0 aliphatic carbocycles. The van der Waals surface area contributed by atoms with E-state index in [9.17, 15) is 0 Å².